The molecule has 1 rings (SSSR count). The topological polar surface area (TPSA) is 0 Å². The van der Waals surface area contributed by atoms with Crippen molar-refractivity contribution in [1.29, 1.82) is 0 Å². The first-order chi connectivity index (χ1) is 3.79. The second-order valence-electron chi connectivity index (χ2n) is 1.44. The fourth-order valence-corrected chi connectivity index (χ4v) is 0.896. The van der Waals surface area contributed by atoms with E-state index < -0.39 is 0 Å². The molecule has 0 aliphatic heterocycles. The molecule has 0 amide bonds. The Kier molecular flexibility index (Phi) is 4.67. The minimum atomic E-state index is 0. The second kappa shape index (κ2) is 4.39. The summed E-state index contributed by atoms with van der Waals surface area (Å²) in [5, 5.41) is 1.36. The van der Waals surface area contributed by atoms with E-state index in [-0.39, 0.29) is 25.9 Å². The smallest absolute Gasteiger partial charge is 1.00 e. The van der Waals surface area contributed by atoms with Crippen molar-refractivity contribution in [3.63, 3.8) is 0 Å². The summed E-state index contributed by atoms with van der Waals surface area (Å²) < 4.78 is 0. The van der Waals surface area contributed by atoms with Crippen LogP contribution in [-0.2, 0) is 0 Å². The van der Waals surface area contributed by atoms with Crippen LogP contribution in [0.3, 0.4) is 0 Å². The molecule has 0 aliphatic carbocycles. The van der Waals surface area contributed by atoms with E-state index in [0.717, 1.165) is 0 Å². The largest absolute Gasteiger partial charge is 2.00 e. The third-order valence-corrected chi connectivity index (χ3v) is 1.26. The van der Waals surface area contributed by atoms with E-state index in [0.29, 0.717) is 10.0 Å². The van der Waals surface area contributed by atoms with Gasteiger partial charge in [-0.25, -0.2) is 0 Å². The van der Waals surface area contributed by atoms with Crippen molar-refractivity contribution in [2.45, 2.75) is 0 Å². The summed E-state index contributed by atoms with van der Waals surface area (Å²) in [5.74, 6) is 0. The summed E-state index contributed by atoms with van der Waals surface area (Å²) >= 11 is 11.1. The number of benzene rings is 1. The van der Waals surface area contributed by atoms with Crippen molar-refractivity contribution < 1.29 is 2.85 Å². The van der Waals surface area contributed by atoms with Crippen molar-refractivity contribution in [1.82, 2.24) is 0 Å². The minimum absolute atomic E-state index is 0. The summed E-state index contributed by atoms with van der Waals surface area (Å²) in [6.07, 6.45) is 0. The molecule has 0 fully saturated rings. The molecule has 0 bridgehead atoms. The molecule has 0 aromatic heterocycles. The van der Waals surface area contributed by atoms with E-state index in [1.807, 2.05) is 6.07 Å². The maximum atomic E-state index is 5.56. The average Bonchev–Trinajstić information content (AvgIpc) is 1.64. The van der Waals surface area contributed by atoms with E-state index in [4.69, 9.17) is 23.2 Å². The Morgan fingerprint density at radius 1 is 1.11 bits per heavy atom. The van der Waals surface area contributed by atoms with Crippen LogP contribution >= 0.6 is 23.2 Å². The van der Waals surface area contributed by atoms with Crippen molar-refractivity contribution in [3.8, 4) is 0 Å². The Balaban J connectivity index is -0.000000213. The van der Waals surface area contributed by atoms with Gasteiger partial charge in [0.2, 0.25) is 0 Å². The van der Waals surface area contributed by atoms with E-state index in [9.17, 15) is 0 Å². The average molecular weight is 173 g/mol. The SMILES string of the molecule is Clc1cccc(Cl)c1.[H-].[H-].[Mg+2]. The summed E-state index contributed by atoms with van der Waals surface area (Å²) in [6, 6.07) is 7.08. The predicted octanol–water partition coefficient (Wildman–Crippen LogP) is 2.84. The second-order valence-corrected chi connectivity index (χ2v) is 2.31. The maximum absolute atomic E-state index is 5.56. The van der Waals surface area contributed by atoms with Crippen molar-refractivity contribution in [3.05, 3.63) is 34.3 Å². The molecule has 0 N–H and O–H groups in total. The molecule has 0 atom stereocenters. The van der Waals surface area contributed by atoms with Gasteiger partial charge in [-0.15, -0.1) is 0 Å². The molecule has 1 aromatic carbocycles. The molecule has 9 heavy (non-hydrogen) atoms. The first-order valence-corrected chi connectivity index (χ1v) is 2.96. The molecule has 3 heteroatoms. The van der Waals surface area contributed by atoms with E-state index >= 15 is 0 Å². The molecule has 46 valence electrons. The molecule has 1 aromatic rings. The Hall–Kier alpha value is 0.566. The van der Waals surface area contributed by atoms with Gasteiger partial charge in [0, 0.05) is 10.0 Å². The molecule has 0 heterocycles. The Morgan fingerprint density at radius 3 is 1.78 bits per heavy atom. The Morgan fingerprint density at radius 2 is 1.56 bits per heavy atom. The van der Waals surface area contributed by atoms with E-state index in [1.54, 1.807) is 18.2 Å². The Bertz CT molecular complexity index is 178. The van der Waals surface area contributed by atoms with Gasteiger partial charge in [-0.1, -0.05) is 29.3 Å². The summed E-state index contributed by atoms with van der Waals surface area (Å²) in [7, 11) is 0. The van der Waals surface area contributed by atoms with Gasteiger partial charge in [-0.3, -0.25) is 0 Å². The molecule has 0 aliphatic rings. The van der Waals surface area contributed by atoms with E-state index in [1.165, 1.54) is 0 Å². The van der Waals surface area contributed by atoms with Gasteiger partial charge in [0.15, 0.2) is 0 Å². The van der Waals surface area contributed by atoms with E-state index in [2.05, 4.69) is 0 Å². The van der Waals surface area contributed by atoms with Crippen LogP contribution in [0.4, 0.5) is 0 Å². The number of hydrogen-bond acceptors (Lipinski definition) is 0. The van der Waals surface area contributed by atoms with Gasteiger partial charge in [-0.05, 0) is 18.2 Å². The van der Waals surface area contributed by atoms with Crippen molar-refractivity contribution in [2.75, 3.05) is 0 Å². The maximum Gasteiger partial charge on any atom is 2.00 e. The Labute approximate surface area is 83.3 Å². The van der Waals surface area contributed by atoms with Crippen molar-refractivity contribution in [2.24, 2.45) is 0 Å². The fourth-order valence-electron chi connectivity index (χ4n) is 0.460. The standard InChI is InChI=1S/C6H4Cl2.Mg.2H/c7-5-2-1-3-6(8)4-5;;;/h1-4H;;;/q;+2;2*-1. The molecule has 0 saturated carbocycles. The van der Waals surface area contributed by atoms with Crippen LogP contribution in [0.1, 0.15) is 2.85 Å². The molecule has 0 saturated heterocycles. The number of rotatable bonds is 0. The first-order valence-electron chi connectivity index (χ1n) is 2.20. The zero-order chi connectivity index (χ0) is 5.98. The third-order valence-electron chi connectivity index (χ3n) is 0.787. The fraction of sp³-hybridized carbons (Fsp3) is 0. The van der Waals surface area contributed by atoms with Crippen LogP contribution in [0.15, 0.2) is 24.3 Å². The van der Waals surface area contributed by atoms with Crippen LogP contribution in [0.2, 0.25) is 10.0 Å². The third kappa shape index (κ3) is 3.31. The monoisotopic (exact) mass is 172 g/mol. The molecule has 0 radical (unpaired) electrons. The van der Waals surface area contributed by atoms with Gasteiger partial charge in [0.1, 0.15) is 0 Å². The predicted molar refractivity (Wildman–Crippen MR) is 44.4 cm³/mol. The summed E-state index contributed by atoms with van der Waals surface area (Å²) in [4.78, 5) is 0. The van der Waals surface area contributed by atoms with Crippen LogP contribution < -0.4 is 0 Å². The van der Waals surface area contributed by atoms with Gasteiger partial charge < -0.3 is 2.85 Å². The zero-order valence-electron chi connectivity index (χ0n) is 6.77. The normalized spacial score (nSPS) is 8.22. The molecule has 0 spiro atoms. The first kappa shape index (κ1) is 9.57. The summed E-state index contributed by atoms with van der Waals surface area (Å²) in [6.45, 7) is 0. The van der Waals surface area contributed by atoms with Crippen LogP contribution in [-0.4, -0.2) is 23.1 Å². The van der Waals surface area contributed by atoms with Gasteiger partial charge >= 0.3 is 23.1 Å². The van der Waals surface area contributed by atoms with Crippen LogP contribution in [0, 0.1) is 0 Å². The van der Waals surface area contributed by atoms with Crippen LogP contribution in [0.5, 0.6) is 0 Å². The molecule has 0 nitrogen and oxygen atoms in total. The molecule has 0 unspecified atom stereocenters. The molecular weight excluding hydrogens is 167 g/mol. The summed E-state index contributed by atoms with van der Waals surface area (Å²) in [5.41, 5.74) is 0. The van der Waals surface area contributed by atoms with Gasteiger partial charge in [0.25, 0.3) is 0 Å². The quantitative estimate of drug-likeness (QED) is 0.529. The van der Waals surface area contributed by atoms with Crippen molar-refractivity contribution >= 4 is 46.3 Å². The zero-order valence-corrected chi connectivity index (χ0v) is 7.70. The molecular formula is C6H6Cl2Mg. The van der Waals surface area contributed by atoms with Crippen LogP contribution in [0.25, 0.3) is 0 Å². The van der Waals surface area contributed by atoms with Gasteiger partial charge in [-0.2, -0.15) is 0 Å². The number of halogens is 2. The number of hydrogen-bond donors (Lipinski definition) is 0. The minimum Gasteiger partial charge on any atom is -1.00 e. The van der Waals surface area contributed by atoms with Gasteiger partial charge in [0.05, 0.1) is 0 Å².